The maximum Gasteiger partial charge on any atom is 0.151 e. The molecule has 4 heteroatoms. The van der Waals surface area contributed by atoms with Crippen LogP contribution in [-0.4, -0.2) is 27.4 Å². The highest BCUT2D eigenvalue weighted by molar-refractivity contribution is 9.10. The van der Waals surface area contributed by atoms with Gasteiger partial charge in [-0.1, -0.05) is 6.92 Å². The molecule has 3 heterocycles. The van der Waals surface area contributed by atoms with Crippen LogP contribution in [0.4, 0.5) is 0 Å². The van der Waals surface area contributed by atoms with Crippen molar-refractivity contribution in [1.82, 2.24) is 14.3 Å². The summed E-state index contributed by atoms with van der Waals surface area (Å²) in [4.78, 5) is 7.28. The van der Waals surface area contributed by atoms with Gasteiger partial charge in [0.25, 0.3) is 0 Å². The molecule has 3 rings (SSSR count). The molecular weight excluding hydrogens is 278 g/mol. The van der Waals surface area contributed by atoms with Crippen LogP contribution in [0, 0.1) is 0 Å². The molecule has 90 valence electrons. The molecule has 3 nitrogen and oxygen atoms in total. The summed E-state index contributed by atoms with van der Waals surface area (Å²) < 4.78 is 3.17. The van der Waals surface area contributed by atoms with E-state index in [-0.39, 0.29) is 0 Å². The standard InChI is InChI=1S/C13H16BrN3/c1-2-16-7-4-6-12(16)11-9-17-8-3-5-10(14)13(17)15-11/h3,5,8-9,12H,2,4,6-7H2,1H3. The third kappa shape index (κ3) is 1.89. The van der Waals surface area contributed by atoms with Gasteiger partial charge in [-0.25, -0.2) is 4.98 Å². The fourth-order valence-electron chi connectivity index (χ4n) is 2.70. The number of rotatable bonds is 2. The van der Waals surface area contributed by atoms with E-state index in [2.05, 4.69) is 44.5 Å². The van der Waals surface area contributed by atoms with Crippen LogP contribution in [-0.2, 0) is 0 Å². The van der Waals surface area contributed by atoms with E-state index in [0.29, 0.717) is 6.04 Å². The van der Waals surface area contributed by atoms with Crippen molar-refractivity contribution >= 4 is 21.6 Å². The van der Waals surface area contributed by atoms with Crippen molar-refractivity contribution in [3.8, 4) is 0 Å². The lowest BCUT2D eigenvalue weighted by Gasteiger charge is -2.20. The smallest absolute Gasteiger partial charge is 0.151 e. The van der Waals surface area contributed by atoms with Gasteiger partial charge < -0.3 is 4.40 Å². The molecule has 0 aliphatic carbocycles. The normalized spacial score (nSPS) is 21.4. The van der Waals surface area contributed by atoms with Gasteiger partial charge in [0.05, 0.1) is 16.2 Å². The summed E-state index contributed by atoms with van der Waals surface area (Å²) in [5.41, 5.74) is 2.22. The quantitative estimate of drug-likeness (QED) is 0.847. The SMILES string of the molecule is CCN1CCCC1c1cn2cccc(Br)c2n1. The van der Waals surface area contributed by atoms with Crippen molar-refractivity contribution < 1.29 is 0 Å². The molecule has 0 saturated carbocycles. The first-order valence-corrected chi connectivity index (χ1v) is 6.96. The van der Waals surface area contributed by atoms with Gasteiger partial charge in [0.1, 0.15) is 0 Å². The summed E-state index contributed by atoms with van der Waals surface area (Å²) >= 11 is 3.55. The maximum atomic E-state index is 4.77. The summed E-state index contributed by atoms with van der Waals surface area (Å²) in [6.07, 6.45) is 6.74. The topological polar surface area (TPSA) is 20.5 Å². The second-order valence-electron chi connectivity index (χ2n) is 4.54. The number of nitrogens with zero attached hydrogens (tertiary/aromatic N) is 3. The third-order valence-electron chi connectivity index (χ3n) is 3.57. The zero-order valence-electron chi connectivity index (χ0n) is 9.93. The van der Waals surface area contributed by atoms with Crippen LogP contribution in [0.25, 0.3) is 5.65 Å². The van der Waals surface area contributed by atoms with Crippen molar-refractivity contribution in [2.75, 3.05) is 13.1 Å². The van der Waals surface area contributed by atoms with E-state index in [9.17, 15) is 0 Å². The molecule has 0 radical (unpaired) electrons. The highest BCUT2D eigenvalue weighted by Gasteiger charge is 2.26. The maximum absolute atomic E-state index is 4.77. The Balaban J connectivity index is 2.03. The second kappa shape index (κ2) is 4.42. The minimum atomic E-state index is 0.506. The number of fused-ring (bicyclic) bond motifs is 1. The van der Waals surface area contributed by atoms with E-state index in [4.69, 9.17) is 4.98 Å². The van der Waals surface area contributed by atoms with Gasteiger partial charge in [-0.15, -0.1) is 0 Å². The average molecular weight is 294 g/mol. The first-order chi connectivity index (χ1) is 8.29. The minimum Gasteiger partial charge on any atom is -0.306 e. The molecule has 1 aliphatic rings. The Morgan fingerprint density at radius 1 is 1.53 bits per heavy atom. The molecule has 2 aromatic heterocycles. The van der Waals surface area contributed by atoms with Crippen molar-refractivity contribution in [2.24, 2.45) is 0 Å². The van der Waals surface area contributed by atoms with Crippen LogP contribution < -0.4 is 0 Å². The molecule has 17 heavy (non-hydrogen) atoms. The number of imidazole rings is 1. The first kappa shape index (κ1) is 11.2. The van der Waals surface area contributed by atoms with Crippen LogP contribution in [0.2, 0.25) is 0 Å². The number of pyridine rings is 1. The Morgan fingerprint density at radius 3 is 3.18 bits per heavy atom. The predicted molar refractivity (Wildman–Crippen MR) is 72.1 cm³/mol. The summed E-state index contributed by atoms with van der Waals surface area (Å²) in [6, 6.07) is 4.58. The average Bonchev–Trinajstić information content (AvgIpc) is 2.94. The van der Waals surface area contributed by atoms with Gasteiger partial charge in [0.2, 0.25) is 0 Å². The fourth-order valence-corrected chi connectivity index (χ4v) is 3.14. The lowest BCUT2D eigenvalue weighted by molar-refractivity contribution is 0.268. The predicted octanol–water partition coefficient (Wildman–Crippen LogP) is 3.25. The second-order valence-corrected chi connectivity index (χ2v) is 5.39. The molecule has 0 aromatic carbocycles. The van der Waals surface area contributed by atoms with E-state index >= 15 is 0 Å². The zero-order chi connectivity index (χ0) is 11.8. The molecule has 0 bridgehead atoms. The van der Waals surface area contributed by atoms with Gasteiger partial charge in [0, 0.05) is 12.4 Å². The molecule has 1 fully saturated rings. The monoisotopic (exact) mass is 293 g/mol. The molecule has 0 spiro atoms. The number of hydrogen-bond donors (Lipinski definition) is 0. The zero-order valence-corrected chi connectivity index (χ0v) is 11.5. The number of hydrogen-bond acceptors (Lipinski definition) is 2. The van der Waals surface area contributed by atoms with Crippen LogP contribution in [0.5, 0.6) is 0 Å². The van der Waals surface area contributed by atoms with Gasteiger partial charge in [-0.05, 0) is 54.0 Å². The van der Waals surface area contributed by atoms with Crippen LogP contribution in [0.3, 0.4) is 0 Å². The first-order valence-electron chi connectivity index (χ1n) is 6.16. The third-order valence-corrected chi connectivity index (χ3v) is 4.18. The van der Waals surface area contributed by atoms with Crippen molar-refractivity contribution in [3.63, 3.8) is 0 Å². The molecule has 0 amide bonds. The largest absolute Gasteiger partial charge is 0.306 e. The Labute approximate surface area is 110 Å². The van der Waals surface area contributed by atoms with Crippen molar-refractivity contribution in [2.45, 2.75) is 25.8 Å². The Kier molecular flexibility index (Phi) is 2.92. The molecule has 2 aromatic rings. The van der Waals surface area contributed by atoms with E-state index < -0.39 is 0 Å². The summed E-state index contributed by atoms with van der Waals surface area (Å²) in [7, 11) is 0. The molecule has 1 atom stereocenters. The Hall–Kier alpha value is -0.870. The number of halogens is 1. The summed E-state index contributed by atoms with van der Waals surface area (Å²) in [5.74, 6) is 0. The summed E-state index contributed by atoms with van der Waals surface area (Å²) in [6.45, 7) is 4.54. The highest BCUT2D eigenvalue weighted by atomic mass is 79.9. The lowest BCUT2D eigenvalue weighted by Crippen LogP contribution is -2.22. The van der Waals surface area contributed by atoms with Gasteiger partial charge in [-0.3, -0.25) is 4.90 Å². The molecular formula is C13H16BrN3. The Morgan fingerprint density at radius 2 is 2.41 bits per heavy atom. The van der Waals surface area contributed by atoms with E-state index in [0.717, 1.165) is 16.7 Å². The molecule has 1 aliphatic heterocycles. The van der Waals surface area contributed by atoms with Gasteiger partial charge in [0.15, 0.2) is 5.65 Å². The summed E-state index contributed by atoms with van der Waals surface area (Å²) in [5, 5.41) is 0. The van der Waals surface area contributed by atoms with E-state index in [1.807, 2.05) is 12.1 Å². The van der Waals surface area contributed by atoms with Gasteiger partial charge >= 0.3 is 0 Å². The van der Waals surface area contributed by atoms with Crippen LogP contribution in [0.15, 0.2) is 29.0 Å². The Bertz CT molecular complexity index is 534. The van der Waals surface area contributed by atoms with Crippen LogP contribution in [0.1, 0.15) is 31.5 Å². The lowest BCUT2D eigenvalue weighted by atomic mass is 10.1. The van der Waals surface area contributed by atoms with Crippen LogP contribution >= 0.6 is 15.9 Å². The molecule has 0 N–H and O–H groups in total. The molecule has 1 saturated heterocycles. The van der Waals surface area contributed by atoms with Crippen molar-refractivity contribution in [1.29, 1.82) is 0 Å². The fraction of sp³-hybridized carbons (Fsp3) is 0.462. The highest BCUT2D eigenvalue weighted by Crippen LogP contribution is 2.31. The van der Waals surface area contributed by atoms with E-state index in [1.54, 1.807) is 0 Å². The van der Waals surface area contributed by atoms with Crippen molar-refractivity contribution in [3.05, 3.63) is 34.7 Å². The molecule has 1 unspecified atom stereocenters. The van der Waals surface area contributed by atoms with E-state index in [1.165, 1.54) is 25.1 Å². The van der Waals surface area contributed by atoms with Gasteiger partial charge in [-0.2, -0.15) is 0 Å². The number of likely N-dealkylation sites (tertiary alicyclic amines) is 1. The minimum absolute atomic E-state index is 0.506. The number of aromatic nitrogens is 2.